The Hall–Kier alpha value is 0.0600. The minimum atomic E-state index is -0.167. The number of pyridine rings is 2. The Morgan fingerprint density at radius 3 is 1.53 bits per heavy atom. The number of ether oxygens (including phenoxy) is 2. The number of nitrogens with zero attached hydrogens (tertiary/aromatic N) is 2. The second-order valence-electron chi connectivity index (χ2n) is 10.5. The molecule has 2 aliphatic heterocycles. The van der Waals surface area contributed by atoms with Gasteiger partial charge in [0.1, 0.15) is 9.28 Å². The molecule has 2 aromatic rings. The normalized spacial score (nSPS) is 15.4. The zero-order valence-electron chi connectivity index (χ0n) is 21.5. The van der Waals surface area contributed by atoms with Crippen molar-refractivity contribution < 1.29 is 9.47 Å². The van der Waals surface area contributed by atoms with Gasteiger partial charge < -0.3 is 18.6 Å². The summed E-state index contributed by atoms with van der Waals surface area (Å²) in [6, 6.07) is 4.26. The van der Waals surface area contributed by atoms with E-state index < -0.39 is 0 Å². The van der Waals surface area contributed by atoms with Gasteiger partial charge in [-0.3, -0.25) is 0 Å². The van der Waals surface area contributed by atoms with Crippen LogP contribution < -0.4 is 0 Å². The summed E-state index contributed by atoms with van der Waals surface area (Å²) in [6.45, 7) is 11.3. The summed E-state index contributed by atoms with van der Waals surface area (Å²) in [6.07, 6.45) is 3.82. The van der Waals surface area contributed by atoms with Crippen molar-refractivity contribution in [2.75, 3.05) is 37.9 Å². The summed E-state index contributed by atoms with van der Waals surface area (Å²) in [4.78, 5) is 2.58. The first-order valence-corrected chi connectivity index (χ1v) is 16.1. The molecule has 0 atom stereocenters. The number of fused-ring (bicyclic) bond motifs is 2. The Morgan fingerprint density at radius 1 is 0.750 bits per heavy atom. The molecule has 0 saturated heterocycles. The molecule has 4 heterocycles. The molecule has 0 saturated carbocycles. The lowest BCUT2D eigenvalue weighted by Gasteiger charge is -2.31. The molecule has 0 spiro atoms. The second-order valence-corrected chi connectivity index (χ2v) is 14.5. The monoisotopic (exact) mass is 600 g/mol. The molecule has 0 fully saturated rings. The topological polar surface area (TPSA) is 28.3 Å². The molecule has 198 valence electrons. The highest BCUT2D eigenvalue weighted by molar-refractivity contribution is 8.00. The molecule has 0 N–H and O–H groups in total. The second kappa shape index (κ2) is 12.1. The average Bonchev–Trinajstić information content (AvgIpc) is 3.44. The van der Waals surface area contributed by atoms with Crippen molar-refractivity contribution >= 4 is 73.2 Å². The minimum Gasteiger partial charge on any atom is -0.379 e. The summed E-state index contributed by atoms with van der Waals surface area (Å²) in [5, 5.41) is 2.01. The fraction of sp³-hybridized carbons (Fsp3) is 0.615. The van der Waals surface area contributed by atoms with Crippen LogP contribution in [0.2, 0.25) is 0 Å². The standard InChI is InChI=1S/C26H36N2O2S6/c1-25(2,27-21(31)15-19-17(23(27)33)5-13-35-19)7-9-29-11-12-30-10-8-26(3,4)28-22(32)16-20-18(24(28)34)6-14-36-20/h15-16,33-34H,5-14H2,1-4H3. The summed E-state index contributed by atoms with van der Waals surface area (Å²) < 4.78 is 17.9. The van der Waals surface area contributed by atoms with Gasteiger partial charge in [-0.2, -0.15) is 0 Å². The van der Waals surface area contributed by atoms with E-state index in [1.54, 1.807) is 0 Å². The van der Waals surface area contributed by atoms with Crippen molar-refractivity contribution in [1.82, 2.24) is 9.13 Å². The van der Waals surface area contributed by atoms with Gasteiger partial charge in [0.25, 0.3) is 0 Å². The molecule has 0 aromatic carbocycles. The van der Waals surface area contributed by atoms with Crippen molar-refractivity contribution in [2.45, 2.75) is 84.3 Å². The molecule has 0 radical (unpaired) electrons. The minimum absolute atomic E-state index is 0.167. The van der Waals surface area contributed by atoms with Crippen molar-refractivity contribution in [3.63, 3.8) is 0 Å². The molecule has 0 bridgehead atoms. The Balaban J connectivity index is 1.22. The van der Waals surface area contributed by atoms with Crippen LogP contribution in [0.15, 0.2) is 32.0 Å². The third-order valence-corrected chi connectivity index (χ3v) is 10.7. The molecule has 4 rings (SSSR count). The Labute approximate surface area is 245 Å². The third-order valence-electron chi connectivity index (χ3n) is 7.03. The zero-order chi connectivity index (χ0) is 26.1. The molecule has 0 unspecified atom stereocenters. The van der Waals surface area contributed by atoms with Crippen molar-refractivity contribution in [2.24, 2.45) is 0 Å². The van der Waals surface area contributed by atoms with Gasteiger partial charge in [-0.1, -0.05) is 24.4 Å². The first kappa shape index (κ1) is 29.1. The molecule has 10 heteroatoms. The van der Waals surface area contributed by atoms with E-state index in [9.17, 15) is 0 Å². The summed E-state index contributed by atoms with van der Waals surface area (Å²) in [5.74, 6) is 2.22. The van der Waals surface area contributed by atoms with E-state index in [-0.39, 0.29) is 11.1 Å². The maximum absolute atomic E-state index is 5.93. The number of thiol groups is 2. The maximum Gasteiger partial charge on any atom is 0.108 e. The smallest absolute Gasteiger partial charge is 0.108 e. The van der Waals surface area contributed by atoms with Crippen LogP contribution in [0, 0.1) is 9.28 Å². The molecule has 36 heavy (non-hydrogen) atoms. The Morgan fingerprint density at radius 2 is 1.14 bits per heavy atom. The van der Waals surface area contributed by atoms with E-state index >= 15 is 0 Å². The predicted octanol–water partition coefficient (Wildman–Crippen LogP) is 7.61. The maximum atomic E-state index is 5.93. The molecule has 0 amide bonds. The lowest BCUT2D eigenvalue weighted by atomic mass is 10.00. The van der Waals surface area contributed by atoms with Gasteiger partial charge in [-0.05, 0) is 76.6 Å². The average molecular weight is 601 g/mol. The van der Waals surface area contributed by atoms with Crippen molar-refractivity contribution in [3.8, 4) is 0 Å². The van der Waals surface area contributed by atoms with Crippen LogP contribution in [0.5, 0.6) is 0 Å². The van der Waals surface area contributed by atoms with Gasteiger partial charge in [-0.15, -0.1) is 48.8 Å². The van der Waals surface area contributed by atoms with E-state index in [1.165, 1.54) is 20.9 Å². The number of aromatic nitrogens is 2. The predicted molar refractivity (Wildman–Crippen MR) is 163 cm³/mol. The molecular weight excluding hydrogens is 565 g/mol. The van der Waals surface area contributed by atoms with Crippen LogP contribution in [0.1, 0.15) is 51.7 Å². The Bertz CT molecular complexity index is 1140. The SMILES string of the molecule is CC(C)(CCOCCOCCC(C)(C)n1c(S)c2c(cc1=S)SCC2)n1c(S)c2c(cc1=S)SCC2. The number of hydrogen-bond acceptors (Lipinski definition) is 8. The largest absolute Gasteiger partial charge is 0.379 e. The fourth-order valence-electron chi connectivity index (χ4n) is 4.84. The first-order chi connectivity index (χ1) is 17.0. The van der Waals surface area contributed by atoms with Crippen LogP contribution in [-0.2, 0) is 33.4 Å². The van der Waals surface area contributed by atoms with Gasteiger partial charge >= 0.3 is 0 Å². The molecule has 4 nitrogen and oxygen atoms in total. The lowest BCUT2D eigenvalue weighted by molar-refractivity contribution is 0.0290. The summed E-state index contributed by atoms with van der Waals surface area (Å²) >= 11 is 24.9. The van der Waals surface area contributed by atoms with E-state index in [4.69, 9.17) is 59.2 Å². The number of rotatable bonds is 11. The third kappa shape index (κ3) is 6.27. The summed E-state index contributed by atoms with van der Waals surface area (Å²) in [5.41, 5.74) is 2.32. The van der Waals surface area contributed by atoms with Gasteiger partial charge in [0.2, 0.25) is 0 Å². The van der Waals surface area contributed by atoms with Crippen LogP contribution in [0.3, 0.4) is 0 Å². The number of hydrogen-bond donors (Lipinski definition) is 2. The quantitative estimate of drug-likeness (QED) is 0.157. The van der Waals surface area contributed by atoms with Gasteiger partial charge in [0.15, 0.2) is 0 Å². The van der Waals surface area contributed by atoms with Crippen molar-refractivity contribution in [3.05, 3.63) is 32.5 Å². The lowest BCUT2D eigenvalue weighted by Crippen LogP contribution is -2.31. The Kier molecular flexibility index (Phi) is 9.74. The fourth-order valence-corrected chi connectivity index (χ4v) is 9.60. The highest BCUT2D eigenvalue weighted by Gasteiger charge is 2.28. The van der Waals surface area contributed by atoms with Gasteiger partial charge in [0, 0.05) is 45.6 Å². The van der Waals surface area contributed by atoms with Crippen LogP contribution in [-0.4, -0.2) is 47.1 Å². The first-order valence-electron chi connectivity index (χ1n) is 12.4. The van der Waals surface area contributed by atoms with Crippen LogP contribution in [0.25, 0.3) is 0 Å². The highest BCUT2D eigenvalue weighted by Crippen LogP contribution is 2.39. The van der Waals surface area contributed by atoms with Crippen LogP contribution >= 0.6 is 73.2 Å². The molecule has 2 aromatic heterocycles. The van der Waals surface area contributed by atoms with E-state index in [2.05, 4.69) is 49.0 Å². The van der Waals surface area contributed by atoms with Crippen LogP contribution in [0.4, 0.5) is 0 Å². The van der Waals surface area contributed by atoms with E-state index in [1.807, 2.05) is 23.5 Å². The van der Waals surface area contributed by atoms with E-state index in [0.29, 0.717) is 26.4 Å². The van der Waals surface area contributed by atoms with E-state index in [0.717, 1.165) is 56.5 Å². The summed E-state index contributed by atoms with van der Waals surface area (Å²) in [7, 11) is 0. The van der Waals surface area contributed by atoms with Gasteiger partial charge in [0.05, 0.1) is 23.3 Å². The van der Waals surface area contributed by atoms with Gasteiger partial charge in [-0.25, -0.2) is 0 Å². The number of thioether (sulfide) groups is 2. The molecule has 2 aliphatic rings. The zero-order valence-corrected chi connectivity index (χ0v) is 26.5. The molecule has 0 aliphatic carbocycles. The highest BCUT2D eigenvalue weighted by atomic mass is 32.2. The van der Waals surface area contributed by atoms with Crippen molar-refractivity contribution in [1.29, 1.82) is 0 Å². The molecular formula is C26H36N2O2S6.